The van der Waals surface area contributed by atoms with Gasteiger partial charge in [-0.15, -0.1) is 0 Å². The van der Waals surface area contributed by atoms with Gasteiger partial charge in [0.05, 0.1) is 0 Å². The molecule has 1 saturated carbocycles. The summed E-state index contributed by atoms with van der Waals surface area (Å²) >= 11 is 0. The van der Waals surface area contributed by atoms with Crippen molar-refractivity contribution in [3.05, 3.63) is 0 Å². The largest absolute Gasteiger partial charge is 0.316 e. The van der Waals surface area contributed by atoms with Gasteiger partial charge in [-0.1, -0.05) is 20.8 Å². The van der Waals surface area contributed by atoms with Crippen molar-refractivity contribution in [1.82, 2.24) is 5.32 Å². The molecule has 0 aliphatic heterocycles. The normalized spacial score (nSPS) is 20.0. The van der Waals surface area contributed by atoms with Gasteiger partial charge in [-0.05, 0) is 43.6 Å². The molecule has 0 aromatic heterocycles. The van der Waals surface area contributed by atoms with Gasteiger partial charge in [-0.3, -0.25) is 0 Å². The van der Waals surface area contributed by atoms with Gasteiger partial charge >= 0.3 is 0 Å². The Kier molecular flexibility index (Phi) is 3.57. The van der Waals surface area contributed by atoms with Gasteiger partial charge in [-0.2, -0.15) is 0 Å². The van der Waals surface area contributed by atoms with Gasteiger partial charge in [0.2, 0.25) is 0 Å². The van der Waals surface area contributed by atoms with Gasteiger partial charge in [0.25, 0.3) is 0 Å². The third-order valence-electron chi connectivity index (χ3n) is 2.79. The van der Waals surface area contributed by atoms with E-state index in [1.807, 2.05) is 0 Å². The molecule has 0 radical (unpaired) electrons. The van der Waals surface area contributed by atoms with Crippen molar-refractivity contribution in [2.45, 2.75) is 46.5 Å². The minimum absolute atomic E-state index is 0.678. The molecule has 72 valence electrons. The lowest BCUT2D eigenvalue weighted by atomic mass is 10.1. The molecule has 0 aromatic carbocycles. The molecule has 12 heavy (non-hydrogen) atoms. The lowest BCUT2D eigenvalue weighted by molar-refractivity contribution is 0.471. The Labute approximate surface area is 76.9 Å². The van der Waals surface area contributed by atoms with Crippen molar-refractivity contribution >= 4 is 0 Å². The van der Waals surface area contributed by atoms with E-state index >= 15 is 0 Å². The number of rotatable bonds is 6. The van der Waals surface area contributed by atoms with Crippen molar-refractivity contribution in [3.63, 3.8) is 0 Å². The first-order chi connectivity index (χ1) is 5.62. The Morgan fingerprint density at radius 3 is 2.50 bits per heavy atom. The second-order valence-corrected chi connectivity index (χ2v) is 5.02. The molecule has 1 fully saturated rings. The first-order valence-electron chi connectivity index (χ1n) is 5.33. The van der Waals surface area contributed by atoms with Gasteiger partial charge < -0.3 is 5.32 Å². The Morgan fingerprint density at radius 1 is 1.33 bits per heavy atom. The second kappa shape index (κ2) is 4.27. The molecule has 0 spiro atoms. The highest BCUT2D eigenvalue weighted by molar-refractivity contribution is 4.90. The van der Waals surface area contributed by atoms with Crippen LogP contribution in [-0.4, -0.2) is 13.1 Å². The van der Waals surface area contributed by atoms with Crippen molar-refractivity contribution in [3.8, 4) is 0 Å². The van der Waals surface area contributed by atoms with Crippen LogP contribution in [0.4, 0.5) is 0 Å². The summed E-state index contributed by atoms with van der Waals surface area (Å²) in [6, 6.07) is 0. The van der Waals surface area contributed by atoms with Gasteiger partial charge in [0.1, 0.15) is 0 Å². The van der Waals surface area contributed by atoms with Crippen LogP contribution >= 0.6 is 0 Å². The van der Waals surface area contributed by atoms with E-state index in [-0.39, 0.29) is 0 Å². The zero-order valence-corrected chi connectivity index (χ0v) is 8.82. The summed E-state index contributed by atoms with van der Waals surface area (Å²) in [6.07, 6.45) is 5.58. The highest BCUT2D eigenvalue weighted by Crippen LogP contribution is 2.43. The van der Waals surface area contributed by atoms with Crippen LogP contribution in [0.25, 0.3) is 0 Å². The molecule has 1 rings (SSSR count). The van der Waals surface area contributed by atoms with E-state index in [1.54, 1.807) is 0 Å². The Balaban J connectivity index is 1.83. The molecule has 0 atom stereocenters. The molecule has 0 unspecified atom stereocenters. The third kappa shape index (κ3) is 4.10. The van der Waals surface area contributed by atoms with Crippen LogP contribution in [0.3, 0.4) is 0 Å². The molecular formula is C11H23N. The van der Waals surface area contributed by atoms with E-state index in [4.69, 9.17) is 0 Å². The van der Waals surface area contributed by atoms with Gasteiger partial charge in [0.15, 0.2) is 0 Å². The standard InChI is InChI=1S/C11H23N/c1-10(2)5-4-8-12-9-11(3)6-7-11/h10,12H,4-9H2,1-3H3. The summed E-state index contributed by atoms with van der Waals surface area (Å²) < 4.78 is 0. The molecule has 0 heterocycles. The van der Waals surface area contributed by atoms with Crippen LogP contribution < -0.4 is 5.32 Å². The predicted molar refractivity (Wildman–Crippen MR) is 54.3 cm³/mol. The van der Waals surface area contributed by atoms with Gasteiger partial charge in [0, 0.05) is 6.54 Å². The van der Waals surface area contributed by atoms with Crippen molar-refractivity contribution < 1.29 is 0 Å². The van der Waals surface area contributed by atoms with Crippen LogP contribution in [0.5, 0.6) is 0 Å². The van der Waals surface area contributed by atoms with E-state index in [0.717, 1.165) is 5.92 Å². The van der Waals surface area contributed by atoms with Crippen LogP contribution in [0, 0.1) is 11.3 Å². The van der Waals surface area contributed by atoms with Crippen LogP contribution in [-0.2, 0) is 0 Å². The average Bonchev–Trinajstić information content (AvgIpc) is 2.67. The fraction of sp³-hybridized carbons (Fsp3) is 1.00. The van der Waals surface area contributed by atoms with E-state index in [2.05, 4.69) is 26.1 Å². The lowest BCUT2D eigenvalue weighted by Gasteiger charge is -2.10. The van der Waals surface area contributed by atoms with Crippen LogP contribution in [0.1, 0.15) is 46.5 Å². The molecule has 1 heteroatoms. The zero-order valence-electron chi connectivity index (χ0n) is 8.82. The monoisotopic (exact) mass is 169 g/mol. The predicted octanol–water partition coefficient (Wildman–Crippen LogP) is 2.81. The molecule has 1 N–H and O–H groups in total. The van der Waals surface area contributed by atoms with Crippen molar-refractivity contribution in [2.24, 2.45) is 11.3 Å². The molecule has 1 nitrogen and oxygen atoms in total. The summed E-state index contributed by atoms with van der Waals surface area (Å²) in [5.41, 5.74) is 0.678. The maximum atomic E-state index is 3.54. The summed E-state index contributed by atoms with van der Waals surface area (Å²) in [7, 11) is 0. The minimum atomic E-state index is 0.678. The third-order valence-corrected chi connectivity index (χ3v) is 2.79. The molecular weight excluding hydrogens is 146 g/mol. The number of hydrogen-bond donors (Lipinski definition) is 1. The SMILES string of the molecule is CC(C)CCCNCC1(C)CC1. The fourth-order valence-electron chi connectivity index (χ4n) is 1.42. The Morgan fingerprint density at radius 2 is 2.00 bits per heavy atom. The average molecular weight is 169 g/mol. The minimum Gasteiger partial charge on any atom is -0.316 e. The molecule has 0 saturated heterocycles. The Hall–Kier alpha value is -0.0400. The van der Waals surface area contributed by atoms with Crippen LogP contribution in [0.15, 0.2) is 0 Å². The molecule has 1 aliphatic rings. The summed E-state index contributed by atoms with van der Waals surface area (Å²) in [5.74, 6) is 0.864. The summed E-state index contributed by atoms with van der Waals surface area (Å²) in [4.78, 5) is 0. The lowest BCUT2D eigenvalue weighted by Crippen LogP contribution is -2.23. The molecule has 0 bridgehead atoms. The number of hydrogen-bond acceptors (Lipinski definition) is 1. The molecule has 1 aliphatic carbocycles. The van der Waals surface area contributed by atoms with E-state index in [9.17, 15) is 0 Å². The summed E-state index contributed by atoms with van der Waals surface area (Å²) in [5, 5.41) is 3.54. The highest BCUT2D eigenvalue weighted by atomic mass is 14.9. The van der Waals surface area contributed by atoms with Crippen LogP contribution in [0.2, 0.25) is 0 Å². The zero-order chi connectivity index (χ0) is 9.03. The number of nitrogens with one attached hydrogen (secondary N) is 1. The fourth-order valence-corrected chi connectivity index (χ4v) is 1.42. The first kappa shape index (κ1) is 10.0. The van der Waals surface area contributed by atoms with E-state index in [1.165, 1.54) is 38.8 Å². The maximum Gasteiger partial charge on any atom is 0.000517 e. The van der Waals surface area contributed by atoms with E-state index < -0.39 is 0 Å². The summed E-state index contributed by atoms with van der Waals surface area (Å²) in [6.45, 7) is 9.42. The first-order valence-corrected chi connectivity index (χ1v) is 5.33. The molecule has 0 amide bonds. The topological polar surface area (TPSA) is 12.0 Å². The molecule has 0 aromatic rings. The van der Waals surface area contributed by atoms with E-state index in [0.29, 0.717) is 5.41 Å². The van der Waals surface area contributed by atoms with Crippen molar-refractivity contribution in [1.29, 1.82) is 0 Å². The maximum absolute atomic E-state index is 3.54. The highest BCUT2D eigenvalue weighted by Gasteiger charge is 2.36. The second-order valence-electron chi connectivity index (χ2n) is 5.02. The van der Waals surface area contributed by atoms with Gasteiger partial charge in [-0.25, -0.2) is 0 Å². The Bertz CT molecular complexity index is 125. The van der Waals surface area contributed by atoms with Crippen molar-refractivity contribution in [2.75, 3.05) is 13.1 Å². The quantitative estimate of drug-likeness (QED) is 0.603. The smallest absolute Gasteiger partial charge is 0.000517 e.